The molecule has 0 atom stereocenters. The van der Waals surface area contributed by atoms with Crippen molar-refractivity contribution in [2.45, 2.75) is 13.8 Å². The highest BCUT2D eigenvalue weighted by molar-refractivity contribution is 6.06. The fourth-order valence-corrected chi connectivity index (χ4v) is 4.15. The molecule has 0 bridgehead atoms. The normalized spacial score (nSPS) is 10.9. The topological polar surface area (TPSA) is 42.9 Å². The Balaban J connectivity index is 1.76. The van der Waals surface area contributed by atoms with Crippen LogP contribution in [0.1, 0.15) is 22.8 Å². The minimum Gasteiger partial charge on any atom is -0.294 e. The number of carbonyl (C=O) groups excluding carboxylic acids is 1. The summed E-state index contributed by atoms with van der Waals surface area (Å²) in [6.07, 6.45) is 0. The summed E-state index contributed by atoms with van der Waals surface area (Å²) in [4.78, 5) is 12.3. The van der Waals surface area contributed by atoms with Gasteiger partial charge in [0.25, 0.3) is 0 Å². The molecule has 1 heterocycles. The summed E-state index contributed by atoms with van der Waals surface area (Å²) in [6, 6.07) is 32.7. The van der Waals surface area contributed by atoms with Crippen molar-refractivity contribution in [3.63, 3.8) is 0 Å². The third kappa shape index (κ3) is 3.58. The minimum atomic E-state index is 0.0109. The molecule has 0 radical (unpaired) electrons. The number of fused-ring (bicyclic) bond motifs is 1. The monoisotopic (exact) mass is 414 g/mol. The Bertz CT molecular complexity index is 1440. The van der Waals surface area contributed by atoms with E-state index < -0.39 is 0 Å². The third-order valence-corrected chi connectivity index (χ3v) is 5.76. The number of aromatic nitrogens is 2. The number of hydrogen-bond acceptors (Lipinski definition) is 3. The summed E-state index contributed by atoms with van der Waals surface area (Å²) >= 11 is 0. The van der Waals surface area contributed by atoms with Gasteiger partial charge in [-0.25, -0.2) is 0 Å². The van der Waals surface area contributed by atoms with Gasteiger partial charge in [-0.2, -0.15) is 0 Å². The van der Waals surface area contributed by atoms with E-state index in [-0.39, 0.29) is 5.78 Å². The van der Waals surface area contributed by atoms with E-state index in [1.807, 2.05) is 48.5 Å². The molecule has 5 rings (SSSR count). The summed E-state index contributed by atoms with van der Waals surface area (Å²) in [6.45, 7) is 3.64. The van der Waals surface area contributed by atoms with E-state index in [0.29, 0.717) is 5.56 Å². The predicted octanol–water partition coefficient (Wildman–Crippen LogP) is 7.14. The zero-order valence-electron chi connectivity index (χ0n) is 18.0. The van der Waals surface area contributed by atoms with Crippen LogP contribution < -0.4 is 0 Å². The van der Waals surface area contributed by atoms with Gasteiger partial charge in [0.1, 0.15) is 5.69 Å². The van der Waals surface area contributed by atoms with E-state index in [2.05, 4.69) is 65.7 Å². The number of carbonyl (C=O) groups is 1. The predicted molar refractivity (Wildman–Crippen MR) is 131 cm³/mol. The Labute approximate surface area is 187 Å². The maximum atomic E-state index is 12.3. The number of hydrogen-bond donors (Lipinski definition) is 0. The summed E-state index contributed by atoms with van der Waals surface area (Å²) in [5.74, 6) is 0.0109. The van der Waals surface area contributed by atoms with E-state index in [1.165, 1.54) is 5.56 Å². The molecular weight excluding hydrogens is 392 g/mol. The Morgan fingerprint density at radius 2 is 1.34 bits per heavy atom. The number of ketones is 1. The first-order valence-corrected chi connectivity index (χ1v) is 10.6. The van der Waals surface area contributed by atoms with E-state index >= 15 is 0 Å². The van der Waals surface area contributed by atoms with Crippen LogP contribution in [0.5, 0.6) is 0 Å². The van der Waals surface area contributed by atoms with Crippen LogP contribution in [0.15, 0.2) is 97.1 Å². The smallest absolute Gasteiger partial charge is 0.160 e. The molecule has 32 heavy (non-hydrogen) atoms. The first-order valence-electron chi connectivity index (χ1n) is 10.6. The van der Waals surface area contributed by atoms with Crippen molar-refractivity contribution in [2.24, 2.45) is 0 Å². The van der Waals surface area contributed by atoms with Crippen molar-refractivity contribution in [1.29, 1.82) is 0 Å². The molecular formula is C29H22N2O. The molecule has 0 unspecified atom stereocenters. The van der Waals surface area contributed by atoms with Crippen LogP contribution in [0, 0.1) is 6.92 Å². The Morgan fingerprint density at radius 1 is 0.688 bits per heavy atom. The van der Waals surface area contributed by atoms with Gasteiger partial charge in [0, 0.05) is 22.1 Å². The molecule has 4 aromatic carbocycles. The molecule has 154 valence electrons. The van der Waals surface area contributed by atoms with Gasteiger partial charge in [-0.1, -0.05) is 91.0 Å². The maximum Gasteiger partial charge on any atom is 0.160 e. The van der Waals surface area contributed by atoms with Gasteiger partial charge in [0.05, 0.1) is 5.52 Å². The highest BCUT2D eigenvalue weighted by atomic mass is 16.1. The van der Waals surface area contributed by atoms with Crippen LogP contribution in [-0.4, -0.2) is 16.0 Å². The molecule has 5 aromatic rings. The van der Waals surface area contributed by atoms with Gasteiger partial charge in [0.15, 0.2) is 5.78 Å². The average Bonchev–Trinajstić information content (AvgIpc) is 2.84. The second-order valence-corrected chi connectivity index (χ2v) is 7.99. The van der Waals surface area contributed by atoms with Crippen molar-refractivity contribution in [3.8, 4) is 33.5 Å². The highest BCUT2D eigenvalue weighted by Crippen LogP contribution is 2.38. The second-order valence-electron chi connectivity index (χ2n) is 7.99. The molecule has 0 saturated heterocycles. The van der Waals surface area contributed by atoms with Gasteiger partial charge in [-0.15, -0.1) is 10.2 Å². The summed E-state index contributed by atoms with van der Waals surface area (Å²) in [5.41, 5.74) is 8.51. The fourth-order valence-electron chi connectivity index (χ4n) is 4.15. The Morgan fingerprint density at radius 3 is 2.09 bits per heavy atom. The van der Waals surface area contributed by atoms with Gasteiger partial charge in [-0.05, 0) is 42.2 Å². The van der Waals surface area contributed by atoms with E-state index in [4.69, 9.17) is 0 Å². The van der Waals surface area contributed by atoms with Crippen molar-refractivity contribution in [1.82, 2.24) is 10.2 Å². The third-order valence-electron chi connectivity index (χ3n) is 5.76. The van der Waals surface area contributed by atoms with Crippen molar-refractivity contribution in [2.75, 3.05) is 0 Å². The lowest BCUT2D eigenvalue weighted by molar-refractivity contribution is 0.101. The lowest BCUT2D eigenvalue weighted by Gasteiger charge is -2.15. The molecule has 1 aromatic heterocycles. The van der Waals surface area contributed by atoms with Crippen molar-refractivity contribution >= 4 is 16.7 Å². The number of nitrogens with zero attached hydrogens (tertiary/aromatic N) is 2. The van der Waals surface area contributed by atoms with Crippen LogP contribution in [0.25, 0.3) is 44.4 Å². The molecule has 3 heteroatoms. The van der Waals surface area contributed by atoms with Crippen LogP contribution in [0.3, 0.4) is 0 Å². The van der Waals surface area contributed by atoms with Crippen molar-refractivity contribution in [3.05, 3.63) is 108 Å². The molecule has 0 aliphatic carbocycles. The lowest BCUT2D eigenvalue weighted by Crippen LogP contribution is -2.01. The number of rotatable bonds is 4. The first-order chi connectivity index (χ1) is 15.6. The molecule has 0 amide bonds. The van der Waals surface area contributed by atoms with E-state index in [0.717, 1.165) is 44.4 Å². The Hall–Kier alpha value is -4.11. The molecule has 0 spiro atoms. The molecule has 0 aliphatic rings. The van der Waals surface area contributed by atoms with Gasteiger partial charge >= 0.3 is 0 Å². The summed E-state index contributed by atoms with van der Waals surface area (Å²) in [5, 5.41) is 10.1. The zero-order chi connectivity index (χ0) is 22.1. The van der Waals surface area contributed by atoms with Gasteiger partial charge in [0.2, 0.25) is 0 Å². The Kier molecular flexibility index (Phi) is 5.08. The quantitative estimate of drug-likeness (QED) is 0.293. The largest absolute Gasteiger partial charge is 0.294 e. The van der Waals surface area contributed by atoms with Crippen molar-refractivity contribution < 1.29 is 4.79 Å². The second kappa shape index (κ2) is 8.20. The molecule has 0 saturated carbocycles. The van der Waals surface area contributed by atoms with Crippen LogP contribution in [0.4, 0.5) is 0 Å². The van der Waals surface area contributed by atoms with Crippen LogP contribution in [-0.2, 0) is 0 Å². The fraction of sp³-hybridized carbons (Fsp3) is 0.0690. The maximum absolute atomic E-state index is 12.3. The average molecular weight is 415 g/mol. The number of benzene rings is 4. The molecule has 0 aliphatic heterocycles. The number of aryl methyl sites for hydroxylation is 1. The first kappa shape index (κ1) is 19.8. The SMILES string of the molecule is CC(=O)c1ccccc1-c1nnc2cc(C)ccc2c1-c1ccc(-c2ccccc2)cc1. The zero-order valence-corrected chi connectivity index (χ0v) is 18.0. The standard InChI is InChI=1S/C29H22N2O/c1-19-12-17-26-27(18-19)30-31-29(25-11-7-6-10-24(25)20(2)32)28(26)23-15-13-22(14-16-23)21-8-4-3-5-9-21/h3-18H,1-2H3. The van der Waals surface area contributed by atoms with Gasteiger partial charge < -0.3 is 0 Å². The van der Waals surface area contributed by atoms with Gasteiger partial charge in [-0.3, -0.25) is 4.79 Å². The lowest BCUT2D eigenvalue weighted by atomic mass is 9.91. The van der Waals surface area contributed by atoms with E-state index in [1.54, 1.807) is 6.92 Å². The van der Waals surface area contributed by atoms with Crippen LogP contribution >= 0.6 is 0 Å². The number of Topliss-reactive ketones (excluding diaryl/α,β-unsaturated/α-hetero) is 1. The highest BCUT2D eigenvalue weighted by Gasteiger charge is 2.18. The molecule has 0 N–H and O–H groups in total. The van der Waals surface area contributed by atoms with E-state index in [9.17, 15) is 4.79 Å². The molecule has 3 nitrogen and oxygen atoms in total. The summed E-state index contributed by atoms with van der Waals surface area (Å²) in [7, 11) is 0. The van der Waals surface area contributed by atoms with Crippen LogP contribution in [0.2, 0.25) is 0 Å². The minimum absolute atomic E-state index is 0.0109. The summed E-state index contributed by atoms with van der Waals surface area (Å²) < 4.78 is 0. The molecule has 0 fully saturated rings.